The number of rotatable bonds is 13. The summed E-state index contributed by atoms with van der Waals surface area (Å²) in [6.45, 7) is 12.0. The van der Waals surface area contributed by atoms with Gasteiger partial charge in [-0.15, -0.1) is 0 Å². The van der Waals surface area contributed by atoms with E-state index in [9.17, 15) is 9.59 Å². The Balaban J connectivity index is 2.25. The van der Waals surface area contributed by atoms with Crippen molar-refractivity contribution in [2.24, 2.45) is 0 Å². The SMILES string of the molecule is CC(=O)CC/C=C(\C)CC/C=C(\C)CC/C=C(\C)CC/C=C(\C)C(=O)N1CCCC1. The van der Waals surface area contributed by atoms with Crippen LogP contribution in [0.3, 0.4) is 0 Å². The third kappa shape index (κ3) is 11.9. The Morgan fingerprint density at radius 2 is 1.03 bits per heavy atom. The fourth-order valence-electron chi connectivity index (χ4n) is 3.69. The van der Waals surface area contributed by atoms with Gasteiger partial charge in [-0.3, -0.25) is 4.79 Å². The second-order valence-corrected chi connectivity index (χ2v) is 8.89. The zero-order chi connectivity index (χ0) is 22.4. The maximum absolute atomic E-state index is 12.3. The summed E-state index contributed by atoms with van der Waals surface area (Å²) in [5.74, 6) is 0.485. The second kappa shape index (κ2) is 15.0. The maximum Gasteiger partial charge on any atom is 0.249 e. The van der Waals surface area contributed by atoms with E-state index in [2.05, 4.69) is 45.1 Å². The van der Waals surface area contributed by atoms with Crippen LogP contribution in [0.15, 0.2) is 46.6 Å². The van der Waals surface area contributed by atoms with Gasteiger partial charge in [0.2, 0.25) is 5.91 Å². The van der Waals surface area contributed by atoms with Crippen molar-refractivity contribution in [1.82, 2.24) is 4.90 Å². The van der Waals surface area contributed by atoms with Gasteiger partial charge in [0.05, 0.1) is 0 Å². The molecule has 1 fully saturated rings. The highest BCUT2D eigenvalue weighted by Gasteiger charge is 2.18. The summed E-state index contributed by atoms with van der Waals surface area (Å²) in [5.41, 5.74) is 5.13. The summed E-state index contributed by atoms with van der Waals surface area (Å²) in [6, 6.07) is 0. The van der Waals surface area contributed by atoms with Gasteiger partial charge in [0.15, 0.2) is 0 Å². The third-order valence-electron chi connectivity index (χ3n) is 5.77. The molecule has 3 nitrogen and oxygen atoms in total. The van der Waals surface area contributed by atoms with Crippen LogP contribution in [0, 0.1) is 0 Å². The zero-order valence-electron chi connectivity index (χ0n) is 20.1. The predicted molar refractivity (Wildman–Crippen MR) is 128 cm³/mol. The molecule has 0 saturated carbocycles. The van der Waals surface area contributed by atoms with Crippen molar-refractivity contribution in [3.63, 3.8) is 0 Å². The van der Waals surface area contributed by atoms with Gasteiger partial charge in [0.25, 0.3) is 0 Å². The highest BCUT2D eigenvalue weighted by molar-refractivity contribution is 5.92. The quantitative estimate of drug-likeness (QED) is 0.238. The van der Waals surface area contributed by atoms with E-state index in [0.29, 0.717) is 6.42 Å². The zero-order valence-corrected chi connectivity index (χ0v) is 20.1. The van der Waals surface area contributed by atoms with Crippen molar-refractivity contribution in [2.45, 2.75) is 98.8 Å². The van der Waals surface area contributed by atoms with Crippen LogP contribution < -0.4 is 0 Å². The van der Waals surface area contributed by atoms with Crippen molar-refractivity contribution < 1.29 is 9.59 Å². The molecule has 3 heteroatoms. The van der Waals surface area contributed by atoms with E-state index in [1.165, 1.54) is 16.7 Å². The molecule has 1 saturated heterocycles. The van der Waals surface area contributed by atoms with Crippen molar-refractivity contribution in [2.75, 3.05) is 13.1 Å². The van der Waals surface area contributed by atoms with Crippen LogP contribution in [-0.2, 0) is 9.59 Å². The molecule has 0 atom stereocenters. The Hall–Kier alpha value is -1.90. The topological polar surface area (TPSA) is 37.4 Å². The molecule has 0 N–H and O–H groups in total. The normalized spacial score (nSPS) is 16.4. The molecule has 0 bridgehead atoms. The Kier molecular flexibility index (Phi) is 13.1. The summed E-state index contributed by atoms with van der Waals surface area (Å²) in [6.07, 6.45) is 19.1. The van der Waals surface area contributed by atoms with Gasteiger partial charge in [0.1, 0.15) is 5.78 Å². The van der Waals surface area contributed by atoms with E-state index in [1.807, 2.05) is 11.8 Å². The molecule has 1 rings (SSSR count). The number of carbonyl (C=O) groups is 2. The van der Waals surface area contributed by atoms with Crippen LogP contribution in [0.1, 0.15) is 98.8 Å². The van der Waals surface area contributed by atoms with Crippen molar-refractivity contribution in [3.8, 4) is 0 Å². The van der Waals surface area contributed by atoms with Gasteiger partial charge in [-0.2, -0.15) is 0 Å². The molecule has 0 unspecified atom stereocenters. The first kappa shape index (κ1) is 26.1. The predicted octanol–water partition coefficient (Wildman–Crippen LogP) is 7.10. The largest absolute Gasteiger partial charge is 0.339 e. The minimum Gasteiger partial charge on any atom is -0.339 e. The minimum atomic E-state index is 0.221. The van der Waals surface area contributed by atoms with E-state index < -0.39 is 0 Å². The lowest BCUT2D eigenvalue weighted by Gasteiger charge is -2.15. The van der Waals surface area contributed by atoms with Crippen LogP contribution in [0.5, 0.6) is 0 Å². The van der Waals surface area contributed by atoms with Crippen molar-refractivity contribution >= 4 is 11.7 Å². The van der Waals surface area contributed by atoms with Crippen molar-refractivity contribution in [3.05, 3.63) is 46.6 Å². The molecule has 0 aromatic heterocycles. The van der Waals surface area contributed by atoms with Crippen molar-refractivity contribution in [1.29, 1.82) is 0 Å². The average Bonchev–Trinajstić information content (AvgIpc) is 3.21. The highest BCUT2D eigenvalue weighted by Crippen LogP contribution is 2.15. The van der Waals surface area contributed by atoms with Crippen LogP contribution in [0.2, 0.25) is 0 Å². The number of ketones is 1. The number of Topliss-reactive ketones (excluding diaryl/α,β-unsaturated/α-hetero) is 1. The number of nitrogens with zero attached hydrogens (tertiary/aromatic N) is 1. The summed E-state index contributed by atoms with van der Waals surface area (Å²) in [5, 5.41) is 0. The number of amides is 1. The monoisotopic (exact) mass is 413 g/mol. The molecule has 1 aliphatic rings. The Labute approximate surface area is 185 Å². The molecule has 1 aliphatic heterocycles. The molecular formula is C27H43NO2. The molecule has 168 valence electrons. The number of hydrogen-bond donors (Lipinski definition) is 0. The molecule has 1 heterocycles. The van der Waals surface area contributed by atoms with Gasteiger partial charge >= 0.3 is 0 Å². The highest BCUT2D eigenvalue weighted by atomic mass is 16.2. The summed E-state index contributed by atoms with van der Waals surface area (Å²) < 4.78 is 0. The molecule has 0 aromatic carbocycles. The van der Waals surface area contributed by atoms with Crippen LogP contribution in [0.25, 0.3) is 0 Å². The molecule has 30 heavy (non-hydrogen) atoms. The van der Waals surface area contributed by atoms with Crippen LogP contribution in [-0.4, -0.2) is 29.7 Å². The average molecular weight is 414 g/mol. The molecule has 0 spiro atoms. The fourth-order valence-corrected chi connectivity index (χ4v) is 3.69. The lowest BCUT2D eigenvalue weighted by Crippen LogP contribution is -2.28. The lowest BCUT2D eigenvalue weighted by atomic mass is 10.0. The molecule has 1 amide bonds. The summed E-state index contributed by atoms with van der Waals surface area (Å²) in [7, 11) is 0. The summed E-state index contributed by atoms with van der Waals surface area (Å²) in [4.78, 5) is 25.3. The van der Waals surface area contributed by atoms with Crippen LogP contribution >= 0.6 is 0 Å². The third-order valence-corrected chi connectivity index (χ3v) is 5.77. The molecule has 0 aliphatic carbocycles. The molecule has 0 aromatic rings. The Morgan fingerprint density at radius 1 is 0.633 bits per heavy atom. The van der Waals surface area contributed by atoms with Gasteiger partial charge in [-0.05, 0) is 92.4 Å². The van der Waals surface area contributed by atoms with E-state index in [1.54, 1.807) is 6.92 Å². The van der Waals surface area contributed by atoms with Gasteiger partial charge in [-0.25, -0.2) is 0 Å². The first-order chi connectivity index (χ1) is 14.3. The maximum atomic E-state index is 12.3. The van der Waals surface area contributed by atoms with E-state index in [-0.39, 0.29) is 11.7 Å². The van der Waals surface area contributed by atoms with Gasteiger partial charge < -0.3 is 9.69 Å². The molecular weight excluding hydrogens is 370 g/mol. The van der Waals surface area contributed by atoms with E-state index >= 15 is 0 Å². The number of allylic oxidation sites excluding steroid dienone is 7. The number of carbonyl (C=O) groups excluding carboxylic acids is 2. The Bertz CT molecular complexity index is 673. The standard InChI is InChI=1S/C27H43NO2/c1-22(13-9-15-24(3)17-11-19-26(5)29)12-8-14-23(2)16-10-18-25(4)27(30)28-20-6-7-21-28/h13-14,17-18H,6-12,15-16,19-21H2,1-5H3/b22-13+,23-14+,24-17+,25-18+. The first-order valence-electron chi connectivity index (χ1n) is 11.7. The van der Waals surface area contributed by atoms with Gasteiger partial charge in [0, 0.05) is 25.1 Å². The second-order valence-electron chi connectivity index (χ2n) is 8.89. The number of likely N-dealkylation sites (tertiary alicyclic amines) is 1. The molecule has 0 radical (unpaired) electrons. The fraction of sp³-hybridized carbons (Fsp3) is 0.630. The Morgan fingerprint density at radius 3 is 1.47 bits per heavy atom. The lowest BCUT2D eigenvalue weighted by molar-refractivity contribution is -0.126. The summed E-state index contributed by atoms with van der Waals surface area (Å²) >= 11 is 0. The van der Waals surface area contributed by atoms with E-state index in [0.717, 1.165) is 76.5 Å². The van der Waals surface area contributed by atoms with Crippen LogP contribution in [0.4, 0.5) is 0 Å². The number of hydrogen-bond acceptors (Lipinski definition) is 2. The van der Waals surface area contributed by atoms with E-state index in [4.69, 9.17) is 0 Å². The minimum absolute atomic E-state index is 0.221. The first-order valence-corrected chi connectivity index (χ1v) is 11.7. The van der Waals surface area contributed by atoms with Gasteiger partial charge in [-0.1, -0.05) is 41.0 Å². The smallest absolute Gasteiger partial charge is 0.249 e.